The fourth-order valence-corrected chi connectivity index (χ4v) is 2.22. The molecule has 0 radical (unpaired) electrons. The first-order chi connectivity index (χ1) is 10.1. The Balaban J connectivity index is 2.11. The van der Waals surface area contributed by atoms with Gasteiger partial charge in [-0.15, -0.1) is 0 Å². The molecule has 21 heavy (non-hydrogen) atoms. The van der Waals surface area contributed by atoms with E-state index < -0.39 is 6.61 Å². The number of nitrogens with one attached hydrogen (secondary N) is 1. The average molecular weight is 292 g/mol. The van der Waals surface area contributed by atoms with Crippen LogP contribution in [0.25, 0.3) is 0 Å². The van der Waals surface area contributed by atoms with Crippen molar-refractivity contribution >= 4 is 0 Å². The van der Waals surface area contributed by atoms with Crippen LogP contribution in [0.15, 0.2) is 48.7 Å². The van der Waals surface area contributed by atoms with E-state index in [0.717, 1.165) is 5.69 Å². The number of ether oxygens (including phenoxy) is 1. The Morgan fingerprint density at radius 2 is 1.71 bits per heavy atom. The lowest BCUT2D eigenvalue weighted by Crippen LogP contribution is -2.23. The van der Waals surface area contributed by atoms with Crippen molar-refractivity contribution in [3.05, 3.63) is 59.9 Å². The lowest BCUT2D eigenvalue weighted by Gasteiger charge is -2.22. The van der Waals surface area contributed by atoms with Gasteiger partial charge in [0.1, 0.15) is 5.75 Å². The van der Waals surface area contributed by atoms with Gasteiger partial charge in [-0.1, -0.05) is 24.3 Å². The second-order valence-corrected chi connectivity index (χ2v) is 4.78. The molecule has 112 valence electrons. The fraction of sp³-hybridized carbons (Fsp3) is 0.312. The second kappa shape index (κ2) is 7.13. The highest BCUT2D eigenvalue weighted by Crippen LogP contribution is 2.27. The number of aromatic nitrogens is 1. The summed E-state index contributed by atoms with van der Waals surface area (Å²) in [6.45, 7) is 1.06. The summed E-state index contributed by atoms with van der Waals surface area (Å²) in [6.07, 6.45) is 1.73. The van der Waals surface area contributed by atoms with Crippen molar-refractivity contribution in [2.24, 2.45) is 0 Å². The highest BCUT2D eigenvalue weighted by Gasteiger charge is 2.17. The number of nitrogens with zero attached hydrogens (tertiary/aromatic N) is 1. The first kappa shape index (κ1) is 15.4. The number of para-hydroxylation sites is 1. The highest BCUT2D eigenvalue weighted by atomic mass is 19.3. The summed E-state index contributed by atoms with van der Waals surface area (Å²) in [5.74, 6) is 0.195. The SMILES string of the molecule is CC(N[C@H](C)c1ccccn1)c1ccccc1OC(F)F. The normalized spacial score (nSPS) is 14.0. The van der Waals surface area contributed by atoms with Gasteiger partial charge >= 0.3 is 6.61 Å². The summed E-state index contributed by atoms with van der Waals surface area (Å²) in [7, 11) is 0. The maximum Gasteiger partial charge on any atom is 0.387 e. The monoisotopic (exact) mass is 292 g/mol. The van der Waals surface area contributed by atoms with E-state index in [1.165, 1.54) is 0 Å². The van der Waals surface area contributed by atoms with Crippen LogP contribution in [0.3, 0.4) is 0 Å². The largest absolute Gasteiger partial charge is 0.434 e. The zero-order chi connectivity index (χ0) is 15.2. The van der Waals surface area contributed by atoms with E-state index in [4.69, 9.17) is 0 Å². The average Bonchev–Trinajstić information content (AvgIpc) is 2.48. The first-order valence-corrected chi connectivity index (χ1v) is 6.78. The second-order valence-electron chi connectivity index (χ2n) is 4.78. The van der Waals surface area contributed by atoms with E-state index >= 15 is 0 Å². The minimum Gasteiger partial charge on any atom is -0.434 e. The molecule has 1 heterocycles. The molecule has 0 aliphatic rings. The summed E-state index contributed by atoms with van der Waals surface area (Å²) >= 11 is 0. The van der Waals surface area contributed by atoms with Crippen molar-refractivity contribution in [3.63, 3.8) is 0 Å². The molecule has 2 atom stereocenters. The number of pyridine rings is 1. The molecule has 0 saturated carbocycles. The van der Waals surface area contributed by atoms with Crippen molar-refractivity contribution in [1.29, 1.82) is 0 Å². The summed E-state index contributed by atoms with van der Waals surface area (Å²) in [5.41, 5.74) is 1.59. The molecule has 2 aromatic rings. The Bertz CT molecular complexity index is 563. The molecule has 5 heteroatoms. The van der Waals surface area contributed by atoms with Crippen molar-refractivity contribution in [1.82, 2.24) is 10.3 Å². The van der Waals surface area contributed by atoms with Crippen LogP contribution in [0.5, 0.6) is 5.75 Å². The van der Waals surface area contributed by atoms with Gasteiger partial charge in [0, 0.05) is 23.8 Å². The Kier molecular flexibility index (Phi) is 5.22. The van der Waals surface area contributed by atoms with Gasteiger partial charge in [-0.2, -0.15) is 8.78 Å². The summed E-state index contributed by atoms with van der Waals surface area (Å²) in [6, 6.07) is 12.4. The van der Waals surface area contributed by atoms with E-state index in [9.17, 15) is 8.78 Å². The number of hydrogen-bond acceptors (Lipinski definition) is 3. The predicted molar refractivity (Wildman–Crippen MR) is 77.3 cm³/mol. The number of alkyl halides is 2. The maximum atomic E-state index is 12.4. The maximum absolute atomic E-state index is 12.4. The molecule has 1 aromatic heterocycles. The molecule has 0 saturated heterocycles. The van der Waals surface area contributed by atoms with Crippen LogP contribution in [0.1, 0.15) is 37.2 Å². The van der Waals surface area contributed by atoms with Gasteiger partial charge in [-0.05, 0) is 32.0 Å². The van der Waals surface area contributed by atoms with Crippen molar-refractivity contribution in [3.8, 4) is 5.75 Å². The van der Waals surface area contributed by atoms with Gasteiger partial charge < -0.3 is 10.1 Å². The minimum atomic E-state index is -2.83. The van der Waals surface area contributed by atoms with E-state index in [0.29, 0.717) is 5.56 Å². The summed E-state index contributed by atoms with van der Waals surface area (Å²) in [5, 5.41) is 3.34. The van der Waals surface area contributed by atoms with Crippen LogP contribution in [0.2, 0.25) is 0 Å². The summed E-state index contributed by atoms with van der Waals surface area (Å²) in [4.78, 5) is 4.28. The lowest BCUT2D eigenvalue weighted by atomic mass is 10.1. The number of benzene rings is 1. The van der Waals surface area contributed by atoms with E-state index in [2.05, 4.69) is 15.0 Å². The zero-order valence-electron chi connectivity index (χ0n) is 12.0. The van der Waals surface area contributed by atoms with Gasteiger partial charge in [-0.3, -0.25) is 4.98 Å². The molecule has 0 aliphatic heterocycles. The van der Waals surface area contributed by atoms with Crippen LogP contribution in [-0.4, -0.2) is 11.6 Å². The third-order valence-electron chi connectivity index (χ3n) is 3.23. The van der Waals surface area contributed by atoms with Crippen molar-refractivity contribution < 1.29 is 13.5 Å². The van der Waals surface area contributed by atoms with Crippen molar-refractivity contribution in [2.75, 3.05) is 0 Å². The van der Waals surface area contributed by atoms with Gasteiger partial charge in [0.25, 0.3) is 0 Å². The van der Waals surface area contributed by atoms with Gasteiger partial charge in [-0.25, -0.2) is 0 Å². The first-order valence-electron chi connectivity index (χ1n) is 6.78. The molecule has 0 amide bonds. The van der Waals surface area contributed by atoms with Gasteiger partial charge in [0.2, 0.25) is 0 Å². The van der Waals surface area contributed by atoms with E-state index in [-0.39, 0.29) is 17.8 Å². The molecule has 0 fully saturated rings. The Morgan fingerprint density at radius 1 is 1.00 bits per heavy atom. The number of hydrogen-bond donors (Lipinski definition) is 1. The number of rotatable bonds is 6. The topological polar surface area (TPSA) is 34.2 Å². The molecule has 1 unspecified atom stereocenters. The standard InChI is InChI=1S/C16H18F2N2O/c1-11(20-12(2)14-8-5-6-10-19-14)13-7-3-4-9-15(13)21-16(17)18/h3-12,16,20H,1-2H3/t11?,12-/m1/s1. The van der Waals surface area contributed by atoms with Crippen LogP contribution in [0.4, 0.5) is 8.78 Å². The van der Waals surface area contributed by atoms with Crippen LogP contribution in [-0.2, 0) is 0 Å². The lowest BCUT2D eigenvalue weighted by molar-refractivity contribution is -0.0506. The van der Waals surface area contributed by atoms with Crippen molar-refractivity contribution in [2.45, 2.75) is 32.5 Å². The molecule has 0 spiro atoms. The van der Waals surface area contributed by atoms with Gasteiger partial charge in [0.15, 0.2) is 0 Å². The summed E-state index contributed by atoms with van der Waals surface area (Å²) < 4.78 is 29.4. The van der Waals surface area contributed by atoms with Crippen LogP contribution < -0.4 is 10.1 Å². The van der Waals surface area contributed by atoms with Crippen LogP contribution in [0, 0.1) is 0 Å². The smallest absolute Gasteiger partial charge is 0.387 e. The molecule has 2 rings (SSSR count). The molecular weight excluding hydrogens is 274 g/mol. The minimum absolute atomic E-state index is 0.000746. The van der Waals surface area contributed by atoms with Crippen LogP contribution >= 0.6 is 0 Å². The highest BCUT2D eigenvalue weighted by molar-refractivity contribution is 5.35. The molecule has 1 aromatic carbocycles. The number of halogens is 2. The third-order valence-corrected chi connectivity index (χ3v) is 3.23. The quantitative estimate of drug-likeness (QED) is 0.870. The zero-order valence-corrected chi connectivity index (χ0v) is 12.0. The molecule has 0 bridgehead atoms. The Hall–Kier alpha value is -2.01. The fourth-order valence-electron chi connectivity index (χ4n) is 2.22. The Morgan fingerprint density at radius 3 is 2.38 bits per heavy atom. The van der Waals surface area contributed by atoms with E-state index in [1.54, 1.807) is 30.5 Å². The third kappa shape index (κ3) is 4.23. The Labute approximate surface area is 123 Å². The molecule has 1 N–H and O–H groups in total. The van der Waals surface area contributed by atoms with Gasteiger partial charge in [0.05, 0.1) is 5.69 Å². The molecule has 0 aliphatic carbocycles. The van der Waals surface area contributed by atoms with E-state index in [1.807, 2.05) is 32.0 Å². The molecule has 3 nitrogen and oxygen atoms in total. The predicted octanol–water partition coefficient (Wildman–Crippen LogP) is 4.09. The molecular formula is C16H18F2N2O.